The summed E-state index contributed by atoms with van der Waals surface area (Å²) in [4.78, 5) is 3.71. The molecule has 2 aromatic heterocycles. The Morgan fingerprint density at radius 2 is 1.20 bits per heavy atom. The molecule has 0 atom stereocenters. The second-order valence-electron chi connectivity index (χ2n) is 14.3. The Kier molecular flexibility index (Phi) is 6.65. The van der Waals surface area contributed by atoms with Crippen LogP contribution in [0.4, 0.5) is 17.1 Å². The second-order valence-corrected chi connectivity index (χ2v) is 15.5. The molecule has 0 aliphatic heterocycles. The molecule has 1 aliphatic carbocycles. The summed E-state index contributed by atoms with van der Waals surface area (Å²) in [5.74, 6) is 0. The number of anilines is 3. The van der Waals surface area contributed by atoms with Gasteiger partial charge < -0.3 is 9.47 Å². The third-order valence-corrected chi connectivity index (χ3v) is 11.9. The van der Waals surface area contributed by atoms with Gasteiger partial charge in [0.05, 0.1) is 21.4 Å². The minimum Gasteiger partial charge on any atom is -0.310 e. The Hall–Kier alpha value is -5.90. The Morgan fingerprint density at radius 1 is 0.510 bits per heavy atom. The maximum absolute atomic E-state index is 2.46. The van der Waals surface area contributed by atoms with Crippen LogP contribution in [-0.4, -0.2) is 4.57 Å². The van der Waals surface area contributed by atoms with Crippen molar-refractivity contribution in [1.82, 2.24) is 4.57 Å². The van der Waals surface area contributed by atoms with E-state index in [4.69, 9.17) is 0 Å². The van der Waals surface area contributed by atoms with Crippen molar-refractivity contribution in [3.05, 3.63) is 180 Å². The first-order chi connectivity index (χ1) is 25.0. The standard InChI is InChI=1S/C48H36N2S/c1-31-28-46-47(51-31)41-29-34(22-27-45(41)50(46)44-19-11-13-33-12-7-8-16-38(33)44)32-20-23-36(24-21-32)49(35-14-5-4-6-15-35)37-25-26-40-39-17-9-10-18-42(39)48(2,3)43(40)30-37/h4-30H,1-3H3. The molecule has 10 rings (SSSR count). The molecule has 0 unspecified atom stereocenters. The molecule has 0 radical (unpaired) electrons. The lowest BCUT2D eigenvalue weighted by atomic mass is 9.82. The predicted molar refractivity (Wildman–Crippen MR) is 219 cm³/mol. The lowest BCUT2D eigenvalue weighted by Gasteiger charge is -2.28. The summed E-state index contributed by atoms with van der Waals surface area (Å²) in [6.07, 6.45) is 0. The first-order valence-corrected chi connectivity index (χ1v) is 18.5. The number of nitrogens with zero attached hydrogens (tertiary/aromatic N) is 2. The zero-order valence-electron chi connectivity index (χ0n) is 28.9. The van der Waals surface area contributed by atoms with E-state index in [1.165, 1.54) is 81.5 Å². The predicted octanol–water partition coefficient (Wildman–Crippen LogP) is 13.7. The Bertz CT molecular complexity index is 2780. The lowest BCUT2D eigenvalue weighted by molar-refractivity contribution is 0.660. The molecule has 0 N–H and O–H groups in total. The molecule has 244 valence electrons. The fourth-order valence-electron chi connectivity index (χ4n) is 8.40. The molecule has 0 fully saturated rings. The van der Waals surface area contributed by atoms with E-state index in [-0.39, 0.29) is 5.41 Å². The van der Waals surface area contributed by atoms with Crippen molar-refractivity contribution in [1.29, 1.82) is 0 Å². The fourth-order valence-corrected chi connectivity index (χ4v) is 9.42. The van der Waals surface area contributed by atoms with E-state index in [9.17, 15) is 0 Å². The summed E-state index contributed by atoms with van der Waals surface area (Å²) >= 11 is 1.88. The summed E-state index contributed by atoms with van der Waals surface area (Å²) < 4.78 is 3.79. The molecule has 0 saturated heterocycles. The van der Waals surface area contributed by atoms with Crippen molar-refractivity contribution in [2.24, 2.45) is 0 Å². The van der Waals surface area contributed by atoms with Gasteiger partial charge in [0, 0.05) is 38.1 Å². The number of rotatable bonds is 5. The molecular formula is C48H36N2S. The third kappa shape index (κ3) is 4.62. The maximum atomic E-state index is 2.46. The quantitative estimate of drug-likeness (QED) is 0.177. The smallest absolute Gasteiger partial charge is 0.0652 e. The van der Waals surface area contributed by atoms with Gasteiger partial charge >= 0.3 is 0 Å². The van der Waals surface area contributed by atoms with Crippen LogP contribution in [0, 0.1) is 6.92 Å². The van der Waals surface area contributed by atoms with Crippen LogP contribution in [0.2, 0.25) is 0 Å². The summed E-state index contributed by atoms with van der Waals surface area (Å²) in [5, 5.41) is 3.82. The van der Waals surface area contributed by atoms with E-state index >= 15 is 0 Å². The van der Waals surface area contributed by atoms with Crippen LogP contribution < -0.4 is 4.90 Å². The summed E-state index contributed by atoms with van der Waals surface area (Å²) in [7, 11) is 0. The summed E-state index contributed by atoms with van der Waals surface area (Å²) in [5.41, 5.74) is 15.0. The average molecular weight is 673 g/mol. The van der Waals surface area contributed by atoms with E-state index in [1.54, 1.807) is 0 Å². The normalized spacial score (nSPS) is 13.2. The van der Waals surface area contributed by atoms with Gasteiger partial charge in [-0.1, -0.05) is 117 Å². The van der Waals surface area contributed by atoms with Gasteiger partial charge in [0.2, 0.25) is 0 Å². The molecule has 2 heterocycles. The third-order valence-electron chi connectivity index (χ3n) is 10.9. The van der Waals surface area contributed by atoms with Gasteiger partial charge in [-0.2, -0.15) is 0 Å². The highest BCUT2D eigenvalue weighted by molar-refractivity contribution is 7.20. The monoisotopic (exact) mass is 672 g/mol. The number of benzene rings is 7. The molecule has 1 aliphatic rings. The lowest BCUT2D eigenvalue weighted by Crippen LogP contribution is -2.16. The number of hydrogen-bond donors (Lipinski definition) is 0. The number of aryl methyl sites for hydroxylation is 1. The van der Waals surface area contributed by atoms with Crippen molar-refractivity contribution in [2.75, 3.05) is 4.90 Å². The van der Waals surface area contributed by atoms with E-state index in [0.717, 1.165) is 11.4 Å². The molecule has 0 spiro atoms. The van der Waals surface area contributed by atoms with Gasteiger partial charge in [-0.05, 0) is 106 Å². The fraction of sp³-hybridized carbons (Fsp3) is 0.0833. The topological polar surface area (TPSA) is 8.17 Å². The van der Waals surface area contributed by atoms with Crippen LogP contribution in [0.15, 0.2) is 164 Å². The number of fused-ring (bicyclic) bond motifs is 7. The minimum atomic E-state index is -0.0636. The molecule has 3 heteroatoms. The minimum absolute atomic E-state index is 0.0636. The molecule has 2 nitrogen and oxygen atoms in total. The molecule has 51 heavy (non-hydrogen) atoms. The molecular weight excluding hydrogens is 637 g/mol. The second kappa shape index (κ2) is 11.3. The van der Waals surface area contributed by atoms with Gasteiger partial charge in [-0.25, -0.2) is 0 Å². The van der Waals surface area contributed by atoms with Crippen LogP contribution in [-0.2, 0) is 5.41 Å². The average Bonchev–Trinajstić information content (AvgIpc) is 3.77. The number of thiophene rings is 1. The molecule has 0 amide bonds. The largest absolute Gasteiger partial charge is 0.310 e. The van der Waals surface area contributed by atoms with Crippen LogP contribution in [0.3, 0.4) is 0 Å². The molecule has 9 aromatic rings. The Balaban J connectivity index is 1.07. The van der Waals surface area contributed by atoms with E-state index in [2.05, 4.69) is 194 Å². The van der Waals surface area contributed by atoms with Gasteiger partial charge in [0.1, 0.15) is 0 Å². The van der Waals surface area contributed by atoms with Crippen LogP contribution in [0.1, 0.15) is 29.9 Å². The van der Waals surface area contributed by atoms with Crippen molar-refractivity contribution < 1.29 is 0 Å². The summed E-state index contributed by atoms with van der Waals surface area (Å²) in [6.45, 7) is 6.91. The SMILES string of the molecule is Cc1cc2c(s1)c1cc(-c3ccc(N(c4ccccc4)c4ccc5c(c4)C(C)(C)c4ccccc4-5)cc3)ccc1n2-c1cccc2ccccc12. The van der Waals surface area contributed by atoms with Crippen molar-refractivity contribution in [2.45, 2.75) is 26.2 Å². The van der Waals surface area contributed by atoms with Gasteiger partial charge in [0.15, 0.2) is 0 Å². The summed E-state index contributed by atoms with van der Waals surface area (Å²) in [6, 6.07) is 60.3. The highest BCUT2D eigenvalue weighted by Crippen LogP contribution is 2.50. The number of aromatic nitrogens is 1. The zero-order chi connectivity index (χ0) is 34.3. The van der Waals surface area contributed by atoms with Gasteiger partial charge in [-0.3, -0.25) is 0 Å². The van der Waals surface area contributed by atoms with Crippen LogP contribution in [0.25, 0.3) is 59.8 Å². The van der Waals surface area contributed by atoms with E-state index in [0.29, 0.717) is 0 Å². The van der Waals surface area contributed by atoms with Crippen LogP contribution >= 0.6 is 11.3 Å². The molecule has 0 bridgehead atoms. The van der Waals surface area contributed by atoms with E-state index < -0.39 is 0 Å². The van der Waals surface area contributed by atoms with E-state index in [1.807, 2.05) is 11.3 Å². The van der Waals surface area contributed by atoms with Gasteiger partial charge in [-0.15, -0.1) is 11.3 Å². The number of hydrogen-bond acceptors (Lipinski definition) is 2. The van der Waals surface area contributed by atoms with Crippen molar-refractivity contribution >= 4 is 60.3 Å². The molecule has 0 saturated carbocycles. The number of para-hydroxylation sites is 1. The van der Waals surface area contributed by atoms with Crippen LogP contribution in [0.5, 0.6) is 0 Å². The first kappa shape index (κ1) is 30.0. The Morgan fingerprint density at radius 3 is 2.06 bits per heavy atom. The maximum Gasteiger partial charge on any atom is 0.0652 e. The van der Waals surface area contributed by atoms with Crippen molar-refractivity contribution in [3.8, 4) is 27.9 Å². The van der Waals surface area contributed by atoms with Crippen molar-refractivity contribution in [3.63, 3.8) is 0 Å². The molecule has 7 aromatic carbocycles. The zero-order valence-corrected chi connectivity index (χ0v) is 29.7. The first-order valence-electron chi connectivity index (χ1n) is 17.7. The van der Waals surface area contributed by atoms with Gasteiger partial charge in [0.25, 0.3) is 0 Å². The highest BCUT2D eigenvalue weighted by Gasteiger charge is 2.35. The Labute approximate surface area is 302 Å². The highest BCUT2D eigenvalue weighted by atomic mass is 32.1.